The third kappa shape index (κ3) is 4.61. The van der Waals surface area contributed by atoms with Crippen LogP contribution in [0.2, 0.25) is 0 Å². The van der Waals surface area contributed by atoms with E-state index in [9.17, 15) is 9.90 Å². The van der Waals surface area contributed by atoms with Crippen molar-refractivity contribution in [2.75, 3.05) is 6.54 Å². The number of benzene rings is 1. The lowest BCUT2D eigenvalue weighted by Gasteiger charge is -2.29. The Morgan fingerprint density at radius 2 is 2.06 bits per heavy atom. The third-order valence-corrected chi connectivity index (χ3v) is 7.39. The van der Waals surface area contributed by atoms with Crippen LogP contribution >= 0.6 is 11.3 Å². The van der Waals surface area contributed by atoms with Gasteiger partial charge in [-0.3, -0.25) is 14.8 Å². The topological polar surface area (TPSA) is 78.7 Å². The molecular formula is C26H28N4O2S. The van der Waals surface area contributed by atoms with Crippen LogP contribution in [0.25, 0.3) is 0 Å². The van der Waals surface area contributed by atoms with E-state index in [-0.39, 0.29) is 24.5 Å². The molecule has 1 N–H and O–H groups in total. The zero-order chi connectivity index (χ0) is 23.0. The van der Waals surface area contributed by atoms with Crippen LogP contribution in [0.5, 0.6) is 0 Å². The van der Waals surface area contributed by atoms with Crippen molar-refractivity contribution in [1.82, 2.24) is 14.9 Å². The van der Waals surface area contributed by atoms with Crippen molar-refractivity contribution in [1.29, 1.82) is 0 Å². The first kappa shape index (κ1) is 21.9. The van der Waals surface area contributed by atoms with Crippen LogP contribution in [0.1, 0.15) is 59.1 Å². The smallest absolute Gasteiger partial charge is 0.139 e. The summed E-state index contributed by atoms with van der Waals surface area (Å²) in [5, 5.41) is 10.7. The van der Waals surface area contributed by atoms with Gasteiger partial charge in [-0.1, -0.05) is 30.3 Å². The third-order valence-electron chi connectivity index (χ3n) is 6.53. The van der Waals surface area contributed by atoms with Gasteiger partial charge in [-0.15, -0.1) is 11.3 Å². The maximum absolute atomic E-state index is 13.0. The van der Waals surface area contributed by atoms with Crippen LogP contribution in [-0.2, 0) is 30.7 Å². The first-order valence-electron chi connectivity index (χ1n) is 11.4. The van der Waals surface area contributed by atoms with Crippen LogP contribution in [0.3, 0.4) is 0 Å². The Kier molecular flexibility index (Phi) is 5.85. The molecule has 6 nitrogen and oxygen atoms in total. The average molecular weight is 461 g/mol. The van der Waals surface area contributed by atoms with Gasteiger partial charge in [0.25, 0.3) is 0 Å². The number of hydrogen-bond acceptors (Lipinski definition) is 7. The highest BCUT2D eigenvalue weighted by Gasteiger charge is 2.31. The summed E-state index contributed by atoms with van der Waals surface area (Å²) in [5.74, 6) is 0.818. The van der Waals surface area contributed by atoms with E-state index in [1.807, 2.05) is 48.1 Å². The summed E-state index contributed by atoms with van der Waals surface area (Å²) in [6.07, 6.45) is 3.35. The Hall–Kier alpha value is -2.90. The predicted octanol–water partition coefficient (Wildman–Crippen LogP) is 3.91. The number of nitrogens with zero attached hydrogens (tertiary/aromatic N) is 4. The van der Waals surface area contributed by atoms with Gasteiger partial charge in [0, 0.05) is 54.1 Å². The molecule has 0 amide bonds. The summed E-state index contributed by atoms with van der Waals surface area (Å²) < 4.78 is 0. The van der Waals surface area contributed by atoms with E-state index in [1.165, 1.54) is 10.6 Å². The molecule has 3 aromatic rings. The number of thiazole rings is 1. The van der Waals surface area contributed by atoms with Gasteiger partial charge >= 0.3 is 0 Å². The van der Waals surface area contributed by atoms with E-state index in [0.717, 1.165) is 47.7 Å². The SMILES string of the molecule is CC(C)(O)[C@@H](CC(=O)Cc1cc2c(cn1)C(N1CCc3ncsc3C1)=NC2)c1ccccc1. The maximum Gasteiger partial charge on any atom is 0.139 e. The van der Waals surface area contributed by atoms with Crippen molar-refractivity contribution in [3.63, 3.8) is 0 Å². The molecule has 2 aliphatic rings. The van der Waals surface area contributed by atoms with E-state index in [2.05, 4.69) is 14.9 Å². The number of fused-ring (bicyclic) bond motifs is 2. The lowest BCUT2D eigenvalue weighted by atomic mass is 9.80. The standard InChI is InChI=1S/C26H28N4O2S/c1-26(2,32)22(17-6-4-3-5-7-17)12-20(31)11-19-10-18-13-28-25(21(18)14-27-19)30-9-8-23-24(15-30)33-16-29-23/h3-7,10,14,16,22,32H,8-9,11-13,15H2,1-2H3/t22-/m0/s1. The predicted molar refractivity (Wildman–Crippen MR) is 130 cm³/mol. The van der Waals surface area contributed by atoms with E-state index in [0.29, 0.717) is 6.54 Å². The minimum atomic E-state index is -0.989. The summed E-state index contributed by atoms with van der Waals surface area (Å²) in [7, 11) is 0. The number of hydrogen-bond donors (Lipinski definition) is 1. The van der Waals surface area contributed by atoms with Gasteiger partial charge in [-0.25, -0.2) is 4.98 Å². The fourth-order valence-corrected chi connectivity index (χ4v) is 5.58. The van der Waals surface area contributed by atoms with Crippen LogP contribution in [0.4, 0.5) is 0 Å². The summed E-state index contributed by atoms with van der Waals surface area (Å²) in [6, 6.07) is 11.8. The van der Waals surface area contributed by atoms with Gasteiger partial charge in [0.1, 0.15) is 11.6 Å². The molecule has 0 unspecified atom stereocenters. The maximum atomic E-state index is 13.0. The minimum absolute atomic E-state index is 0.0753. The second kappa shape index (κ2) is 8.80. The molecule has 33 heavy (non-hydrogen) atoms. The lowest BCUT2D eigenvalue weighted by molar-refractivity contribution is -0.120. The summed E-state index contributed by atoms with van der Waals surface area (Å²) >= 11 is 1.70. The molecule has 0 saturated carbocycles. The number of ketones is 1. The Balaban J connectivity index is 1.27. The quantitative estimate of drug-likeness (QED) is 0.603. The van der Waals surface area contributed by atoms with Crippen molar-refractivity contribution in [3.05, 3.63) is 81.1 Å². The van der Waals surface area contributed by atoms with Crippen LogP contribution in [0, 0.1) is 0 Å². The zero-order valence-corrected chi connectivity index (χ0v) is 19.8. The summed E-state index contributed by atoms with van der Waals surface area (Å²) in [6.45, 7) is 5.90. The summed E-state index contributed by atoms with van der Waals surface area (Å²) in [4.78, 5) is 30.4. The monoisotopic (exact) mass is 460 g/mol. The molecule has 0 spiro atoms. The molecule has 170 valence electrons. The molecule has 4 heterocycles. The Morgan fingerprint density at radius 3 is 2.85 bits per heavy atom. The molecule has 0 radical (unpaired) electrons. The molecule has 0 aliphatic carbocycles. The fourth-order valence-electron chi connectivity index (χ4n) is 4.75. The van der Waals surface area contributed by atoms with E-state index in [1.54, 1.807) is 25.2 Å². The molecule has 5 rings (SSSR count). The average Bonchev–Trinajstić information content (AvgIpc) is 3.43. The van der Waals surface area contributed by atoms with Gasteiger partial charge in [-0.05, 0) is 31.0 Å². The first-order valence-corrected chi connectivity index (χ1v) is 12.2. The van der Waals surface area contributed by atoms with Gasteiger partial charge < -0.3 is 10.0 Å². The van der Waals surface area contributed by atoms with Gasteiger partial charge in [-0.2, -0.15) is 0 Å². The number of carbonyl (C=O) groups is 1. The van der Waals surface area contributed by atoms with Crippen molar-refractivity contribution >= 4 is 23.0 Å². The number of Topliss-reactive ketones (excluding diaryl/α,β-unsaturated/α-hetero) is 1. The van der Waals surface area contributed by atoms with Crippen molar-refractivity contribution in [2.24, 2.45) is 4.99 Å². The number of aliphatic imine (C=N–C) groups is 1. The van der Waals surface area contributed by atoms with E-state index in [4.69, 9.17) is 4.99 Å². The first-order chi connectivity index (χ1) is 15.9. The van der Waals surface area contributed by atoms with Gasteiger partial charge in [0.2, 0.25) is 0 Å². The van der Waals surface area contributed by atoms with E-state index >= 15 is 0 Å². The van der Waals surface area contributed by atoms with Crippen molar-refractivity contribution < 1.29 is 9.90 Å². The fraction of sp³-hybridized carbons (Fsp3) is 0.385. The molecule has 2 aromatic heterocycles. The number of rotatable bonds is 6. The number of carbonyl (C=O) groups excluding carboxylic acids is 1. The van der Waals surface area contributed by atoms with Gasteiger partial charge in [0.05, 0.1) is 29.9 Å². The second-order valence-electron chi connectivity index (χ2n) is 9.40. The second-order valence-corrected chi connectivity index (χ2v) is 10.3. The molecular weight excluding hydrogens is 432 g/mol. The molecule has 0 bridgehead atoms. The minimum Gasteiger partial charge on any atom is -0.390 e. The molecule has 0 fully saturated rings. The number of aliphatic hydroxyl groups is 1. The summed E-state index contributed by atoms with van der Waals surface area (Å²) in [5.41, 5.74) is 6.08. The Morgan fingerprint density at radius 1 is 1.24 bits per heavy atom. The number of amidine groups is 1. The van der Waals surface area contributed by atoms with Crippen LogP contribution in [0.15, 0.2) is 53.1 Å². The molecule has 2 aliphatic heterocycles. The van der Waals surface area contributed by atoms with Crippen LogP contribution in [-0.4, -0.2) is 43.7 Å². The Bertz CT molecular complexity index is 1200. The number of pyridine rings is 1. The lowest BCUT2D eigenvalue weighted by Crippen LogP contribution is -2.35. The molecule has 1 atom stereocenters. The normalized spacial score (nSPS) is 16.2. The van der Waals surface area contributed by atoms with Crippen molar-refractivity contribution in [2.45, 2.75) is 57.7 Å². The van der Waals surface area contributed by atoms with Crippen molar-refractivity contribution in [3.8, 4) is 0 Å². The molecule has 1 aromatic carbocycles. The van der Waals surface area contributed by atoms with E-state index < -0.39 is 5.60 Å². The highest BCUT2D eigenvalue weighted by Crippen LogP contribution is 2.32. The number of aromatic nitrogens is 2. The molecule has 7 heteroatoms. The zero-order valence-electron chi connectivity index (χ0n) is 19.0. The molecule has 0 saturated heterocycles. The largest absolute Gasteiger partial charge is 0.390 e. The van der Waals surface area contributed by atoms with Gasteiger partial charge in [0.15, 0.2) is 0 Å². The highest BCUT2D eigenvalue weighted by atomic mass is 32.1. The van der Waals surface area contributed by atoms with Crippen LogP contribution < -0.4 is 0 Å². The highest BCUT2D eigenvalue weighted by molar-refractivity contribution is 7.09. The Labute approximate surface area is 198 Å².